The van der Waals surface area contributed by atoms with Gasteiger partial charge in [0.05, 0.1) is 11.5 Å². The van der Waals surface area contributed by atoms with E-state index in [-0.39, 0.29) is 6.61 Å². The Morgan fingerprint density at radius 3 is 3.00 bits per heavy atom. The highest BCUT2D eigenvalue weighted by molar-refractivity contribution is 7.12. The largest absolute Gasteiger partial charge is 0.391 e. The van der Waals surface area contributed by atoms with Gasteiger partial charge in [0.25, 0.3) is 0 Å². The van der Waals surface area contributed by atoms with Crippen LogP contribution in [0.1, 0.15) is 9.88 Å². The van der Waals surface area contributed by atoms with Crippen molar-refractivity contribution in [1.82, 2.24) is 4.98 Å². The summed E-state index contributed by atoms with van der Waals surface area (Å²) in [5.74, 6) is 0. The first-order chi connectivity index (χ1) is 4.36. The molecule has 0 aliphatic heterocycles. The average molecular weight is 140 g/mol. The van der Waals surface area contributed by atoms with Crippen LogP contribution in [0.2, 0.25) is 0 Å². The maximum atomic E-state index is 8.51. The van der Waals surface area contributed by atoms with E-state index in [1.165, 1.54) is 17.5 Å². The van der Waals surface area contributed by atoms with E-state index in [1.807, 2.05) is 6.07 Å². The Labute approximate surface area is 56.2 Å². The van der Waals surface area contributed by atoms with E-state index < -0.39 is 0 Å². The predicted molar refractivity (Wildman–Crippen MR) is 32.8 cm³/mol. The van der Waals surface area contributed by atoms with Crippen molar-refractivity contribution in [3.63, 3.8) is 0 Å². The molecule has 3 nitrogen and oxygen atoms in total. The zero-order valence-electron chi connectivity index (χ0n) is 4.53. The molecule has 1 N–H and O–H groups in total. The molecule has 1 rings (SSSR count). The van der Waals surface area contributed by atoms with Crippen LogP contribution in [0.25, 0.3) is 0 Å². The quantitative estimate of drug-likeness (QED) is 0.618. The number of aromatic nitrogens is 1. The maximum absolute atomic E-state index is 8.51. The van der Waals surface area contributed by atoms with Gasteiger partial charge in [-0.25, -0.2) is 4.98 Å². The Kier molecular flexibility index (Phi) is 1.78. The Morgan fingerprint density at radius 2 is 2.67 bits per heavy atom. The number of thiazole rings is 1. The molecule has 46 valence electrons. The van der Waals surface area contributed by atoms with Gasteiger partial charge in [0.2, 0.25) is 0 Å². The first-order valence-electron chi connectivity index (χ1n) is 2.32. The normalized spacial score (nSPS) is 8.89. The molecule has 0 atom stereocenters. The highest BCUT2D eigenvalue weighted by atomic mass is 32.1. The van der Waals surface area contributed by atoms with Gasteiger partial charge >= 0.3 is 0 Å². The van der Waals surface area contributed by atoms with Gasteiger partial charge in [0, 0.05) is 6.20 Å². The third kappa shape index (κ3) is 1.25. The van der Waals surface area contributed by atoms with E-state index in [4.69, 9.17) is 10.4 Å². The van der Waals surface area contributed by atoms with Crippen LogP contribution < -0.4 is 0 Å². The van der Waals surface area contributed by atoms with Crippen LogP contribution in [0.3, 0.4) is 0 Å². The van der Waals surface area contributed by atoms with E-state index in [1.54, 1.807) is 0 Å². The monoisotopic (exact) mass is 140 g/mol. The number of hydrogen-bond acceptors (Lipinski definition) is 4. The lowest BCUT2D eigenvalue weighted by Crippen LogP contribution is -1.70. The molecule has 4 heteroatoms. The summed E-state index contributed by atoms with van der Waals surface area (Å²) in [6.45, 7) is -0.0284. The third-order valence-corrected chi connectivity index (χ3v) is 1.69. The standard InChI is InChI=1S/C5H4N2OS/c6-1-5-7-2-4(3-8)9-5/h2,8H,3H2. The van der Waals surface area contributed by atoms with Gasteiger partial charge in [-0.2, -0.15) is 5.26 Å². The van der Waals surface area contributed by atoms with Gasteiger partial charge in [-0.1, -0.05) is 0 Å². The maximum Gasteiger partial charge on any atom is 0.194 e. The number of aliphatic hydroxyl groups excluding tert-OH is 1. The molecular weight excluding hydrogens is 136 g/mol. The van der Waals surface area contributed by atoms with Crippen molar-refractivity contribution < 1.29 is 5.11 Å². The number of nitriles is 1. The fourth-order valence-electron chi connectivity index (χ4n) is 0.432. The van der Waals surface area contributed by atoms with Crippen LogP contribution in [0.4, 0.5) is 0 Å². The zero-order chi connectivity index (χ0) is 6.69. The summed E-state index contributed by atoms with van der Waals surface area (Å²) in [7, 11) is 0. The van der Waals surface area contributed by atoms with Crippen LogP contribution in [-0.2, 0) is 6.61 Å². The molecule has 0 saturated heterocycles. The molecular formula is C5H4N2OS. The van der Waals surface area contributed by atoms with Crippen molar-refractivity contribution in [2.24, 2.45) is 0 Å². The lowest BCUT2D eigenvalue weighted by Gasteiger charge is -1.77. The minimum Gasteiger partial charge on any atom is -0.391 e. The Morgan fingerprint density at radius 1 is 1.89 bits per heavy atom. The molecule has 0 fully saturated rings. The van der Waals surface area contributed by atoms with Crippen molar-refractivity contribution >= 4 is 11.3 Å². The lowest BCUT2D eigenvalue weighted by molar-refractivity contribution is 0.285. The molecule has 0 radical (unpaired) electrons. The van der Waals surface area contributed by atoms with E-state index >= 15 is 0 Å². The Hall–Kier alpha value is -0.920. The van der Waals surface area contributed by atoms with Crippen molar-refractivity contribution in [2.45, 2.75) is 6.61 Å². The fourth-order valence-corrected chi connectivity index (χ4v) is 1.00. The average Bonchev–Trinajstić information content (AvgIpc) is 2.34. The van der Waals surface area contributed by atoms with Crippen LogP contribution in [-0.4, -0.2) is 10.1 Å². The lowest BCUT2D eigenvalue weighted by atomic mass is 10.6. The van der Waals surface area contributed by atoms with E-state index in [0.717, 1.165) is 4.88 Å². The summed E-state index contributed by atoms with van der Waals surface area (Å²) in [5, 5.41) is 17.2. The van der Waals surface area contributed by atoms with Gasteiger partial charge < -0.3 is 5.11 Å². The van der Waals surface area contributed by atoms with Gasteiger partial charge in [-0.3, -0.25) is 0 Å². The first-order valence-corrected chi connectivity index (χ1v) is 3.14. The fraction of sp³-hybridized carbons (Fsp3) is 0.200. The minimum atomic E-state index is -0.0284. The van der Waals surface area contributed by atoms with Crippen molar-refractivity contribution in [1.29, 1.82) is 5.26 Å². The summed E-state index contributed by atoms with van der Waals surface area (Å²) in [5.41, 5.74) is 0. The van der Waals surface area contributed by atoms with E-state index in [9.17, 15) is 0 Å². The molecule has 0 saturated carbocycles. The topological polar surface area (TPSA) is 56.9 Å². The van der Waals surface area contributed by atoms with Gasteiger partial charge in [0.15, 0.2) is 5.01 Å². The highest BCUT2D eigenvalue weighted by Crippen LogP contribution is 2.10. The van der Waals surface area contributed by atoms with E-state index in [2.05, 4.69) is 4.98 Å². The summed E-state index contributed by atoms with van der Waals surface area (Å²) >= 11 is 1.21. The minimum absolute atomic E-state index is 0.0284. The van der Waals surface area contributed by atoms with Crippen LogP contribution in [0, 0.1) is 11.3 Å². The SMILES string of the molecule is N#Cc1ncc(CO)s1. The Balaban J connectivity index is 2.90. The molecule has 0 spiro atoms. The summed E-state index contributed by atoms with van der Waals surface area (Å²) < 4.78 is 0. The van der Waals surface area contributed by atoms with Crippen molar-refractivity contribution in [2.75, 3.05) is 0 Å². The second-order valence-corrected chi connectivity index (χ2v) is 2.52. The summed E-state index contributed by atoms with van der Waals surface area (Å²) in [6.07, 6.45) is 1.50. The molecule has 0 bridgehead atoms. The van der Waals surface area contributed by atoms with Crippen molar-refractivity contribution in [3.05, 3.63) is 16.1 Å². The molecule has 1 heterocycles. The smallest absolute Gasteiger partial charge is 0.194 e. The second kappa shape index (κ2) is 2.58. The first kappa shape index (κ1) is 6.20. The molecule has 0 unspecified atom stereocenters. The van der Waals surface area contributed by atoms with Crippen molar-refractivity contribution in [3.8, 4) is 6.07 Å². The third-order valence-electron chi connectivity index (χ3n) is 0.805. The van der Waals surface area contributed by atoms with Gasteiger partial charge in [-0.05, 0) is 0 Å². The summed E-state index contributed by atoms with van der Waals surface area (Å²) in [4.78, 5) is 4.43. The number of aliphatic hydroxyl groups is 1. The summed E-state index contributed by atoms with van der Waals surface area (Å²) in [6, 6.07) is 1.88. The molecule has 0 aromatic carbocycles. The molecule has 1 aromatic heterocycles. The van der Waals surface area contributed by atoms with Crippen LogP contribution >= 0.6 is 11.3 Å². The number of hydrogen-bond donors (Lipinski definition) is 1. The predicted octanol–water partition coefficient (Wildman–Crippen LogP) is 0.507. The molecule has 9 heavy (non-hydrogen) atoms. The van der Waals surface area contributed by atoms with Crippen LogP contribution in [0.15, 0.2) is 6.20 Å². The second-order valence-electron chi connectivity index (χ2n) is 1.40. The Bertz CT molecular complexity index is 237. The van der Waals surface area contributed by atoms with Gasteiger partial charge in [-0.15, -0.1) is 11.3 Å². The van der Waals surface area contributed by atoms with E-state index in [0.29, 0.717) is 5.01 Å². The molecule has 1 aromatic rings. The highest BCUT2D eigenvalue weighted by Gasteiger charge is 1.96. The molecule has 0 aliphatic rings. The molecule has 0 amide bonds. The zero-order valence-corrected chi connectivity index (χ0v) is 5.35. The number of nitrogens with zero attached hydrogens (tertiary/aromatic N) is 2. The molecule has 0 aliphatic carbocycles. The van der Waals surface area contributed by atoms with Crippen LogP contribution in [0.5, 0.6) is 0 Å². The van der Waals surface area contributed by atoms with Gasteiger partial charge in [0.1, 0.15) is 6.07 Å². The number of rotatable bonds is 1.